The van der Waals surface area contributed by atoms with E-state index in [9.17, 15) is 9.59 Å². The lowest BCUT2D eigenvalue weighted by atomic mass is 10.1. The summed E-state index contributed by atoms with van der Waals surface area (Å²) < 4.78 is 1.68. The third-order valence-corrected chi connectivity index (χ3v) is 3.27. The molecule has 0 aromatic carbocycles. The number of ketones is 1. The number of carboxylic acids is 1. The van der Waals surface area contributed by atoms with Crippen molar-refractivity contribution in [2.45, 2.75) is 58.9 Å². The van der Waals surface area contributed by atoms with E-state index in [1.165, 1.54) is 38.7 Å². The van der Waals surface area contributed by atoms with Crippen LogP contribution in [0.25, 0.3) is 0 Å². The monoisotopic (exact) mass is 265 g/mol. The first-order chi connectivity index (χ1) is 9.06. The molecule has 0 saturated heterocycles. The van der Waals surface area contributed by atoms with Gasteiger partial charge in [0.15, 0.2) is 5.78 Å². The van der Waals surface area contributed by atoms with Gasteiger partial charge in [-0.1, -0.05) is 39.0 Å². The summed E-state index contributed by atoms with van der Waals surface area (Å²) in [6.07, 6.45) is 8.63. The summed E-state index contributed by atoms with van der Waals surface area (Å²) in [6.45, 7) is 4.30. The highest BCUT2D eigenvalue weighted by Crippen LogP contribution is 2.13. The fourth-order valence-electron chi connectivity index (χ4n) is 2.13. The number of rotatable bonds is 9. The van der Waals surface area contributed by atoms with E-state index < -0.39 is 5.97 Å². The Labute approximate surface area is 114 Å². The van der Waals surface area contributed by atoms with Crippen LogP contribution in [0, 0.1) is 0 Å². The Kier molecular flexibility index (Phi) is 6.33. The maximum atomic E-state index is 11.3. The minimum absolute atomic E-state index is 0.0933. The van der Waals surface area contributed by atoms with Crippen LogP contribution in [-0.4, -0.2) is 21.4 Å². The molecule has 0 saturated carbocycles. The number of aromatic nitrogens is 1. The van der Waals surface area contributed by atoms with Crippen LogP contribution in [0.2, 0.25) is 0 Å². The van der Waals surface area contributed by atoms with Crippen LogP contribution in [0.4, 0.5) is 0 Å². The molecule has 0 fully saturated rings. The number of hydrogen-bond donors (Lipinski definition) is 1. The van der Waals surface area contributed by atoms with Gasteiger partial charge in [-0.15, -0.1) is 0 Å². The van der Waals surface area contributed by atoms with Gasteiger partial charge in [0.25, 0.3) is 0 Å². The molecule has 0 bridgehead atoms. The molecule has 4 heteroatoms. The predicted octanol–water partition coefficient (Wildman–Crippen LogP) is 3.75. The van der Waals surface area contributed by atoms with Gasteiger partial charge in [-0.2, -0.15) is 0 Å². The summed E-state index contributed by atoms with van der Waals surface area (Å²) in [7, 11) is 0. The van der Waals surface area contributed by atoms with Crippen LogP contribution in [0.1, 0.15) is 73.2 Å². The van der Waals surface area contributed by atoms with Crippen LogP contribution >= 0.6 is 0 Å². The van der Waals surface area contributed by atoms with E-state index in [1.54, 1.807) is 10.8 Å². The molecule has 1 heterocycles. The molecule has 1 N–H and O–H groups in total. The number of carbonyl (C=O) groups is 2. The van der Waals surface area contributed by atoms with Crippen molar-refractivity contribution in [1.82, 2.24) is 4.57 Å². The Morgan fingerprint density at radius 2 is 1.79 bits per heavy atom. The van der Waals surface area contributed by atoms with E-state index >= 15 is 0 Å². The van der Waals surface area contributed by atoms with Gasteiger partial charge in [0, 0.05) is 18.3 Å². The molecule has 0 spiro atoms. The second-order valence-electron chi connectivity index (χ2n) is 4.94. The first-order valence-corrected chi connectivity index (χ1v) is 7.00. The first kappa shape index (κ1) is 15.5. The molecule has 0 aliphatic rings. The highest BCUT2D eigenvalue weighted by Gasteiger charge is 2.14. The second kappa shape index (κ2) is 7.77. The Morgan fingerprint density at radius 1 is 1.16 bits per heavy atom. The number of unbranched alkanes of at least 4 members (excludes halogenated alkanes) is 5. The molecule has 0 atom stereocenters. The molecule has 1 aromatic rings. The maximum Gasteiger partial charge on any atom is 0.352 e. The molecule has 1 rings (SSSR count). The van der Waals surface area contributed by atoms with Crippen LogP contribution in [0.3, 0.4) is 0 Å². The highest BCUT2D eigenvalue weighted by molar-refractivity contribution is 5.97. The minimum atomic E-state index is -0.974. The number of carbonyl (C=O) groups excluding carboxylic acids is 1. The number of aryl methyl sites for hydroxylation is 1. The van der Waals surface area contributed by atoms with E-state index in [4.69, 9.17) is 5.11 Å². The third kappa shape index (κ3) is 4.89. The number of Topliss-reactive ketones (excluding diaryl/α,β-unsaturated/α-hetero) is 1. The topological polar surface area (TPSA) is 59.3 Å². The quantitative estimate of drug-likeness (QED) is 0.546. The van der Waals surface area contributed by atoms with Crippen molar-refractivity contribution in [1.29, 1.82) is 0 Å². The van der Waals surface area contributed by atoms with Gasteiger partial charge in [0.2, 0.25) is 0 Å². The average Bonchev–Trinajstić information content (AvgIpc) is 2.78. The number of hydrogen-bond acceptors (Lipinski definition) is 2. The molecule has 4 nitrogen and oxygen atoms in total. The summed E-state index contributed by atoms with van der Waals surface area (Å²) in [5.41, 5.74) is 0.683. The number of carboxylic acid groups (broad SMARTS) is 1. The molecular weight excluding hydrogens is 242 g/mol. The van der Waals surface area contributed by atoms with Crippen LogP contribution in [-0.2, 0) is 6.54 Å². The maximum absolute atomic E-state index is 11.3. The Bertz CT molecular complexity index is 435. The van der Waals surface area contributed by atoms with Gasteiger partial charge in [0.1, 0.15) is 5.69 Å². The molecule has 0 amide bonds. The Hall–Kier alpha value is -1.58. The molecule has 1 aromatic heterocycles. The smallest absolute Gasteiger partial charge is 0.352 e. The van der Waals surface area contributed by atoms with Crippen molar-refractivity contribution in [2.24, 2.45) is 0 Å². The van der Waals surface area contributed by atoms with Gasteiger partial charge < -0.3 is 9.67 Å². The summed E-state index contributed by atoms with van der Waals surface area (Å²) in [4.78, 5) is 22.4. The number of nitrogens with zero attached hydrogens (tertiary/aromatic N) is 1. The zero-order chi connectivity index (χ0) is 14.3. The molecule has 0 unspecified atom stereocenters. The van der Waals surface area contributed by atoms with Gasteiger partial charge >= 0.3 is 5.97 Å². The summed E-state index contributed by atoms with van der Waals surface area (Å²) >= 11 is 0. The summed E-state index contributed by atoms with van der Waals surface area (Å²) in [5, 5.41) is 9.10. The molecule has 106 valence electrons. The predicted molar refractivity (Wildman–Crippen MR) is 74.8 cm³/mol. The van der Waals surface area contributed by atoms with Crippen molar-refractivity contribution >= 4 is 11.8 Å². The minimum Gasteiger partial charge on any atom is -0.477 e. The Morgan fingerprint density at radius 3 is 2.37 bits per heavy atom. The molecule has 0 aliphatic heterocycles. The lowest BCUT2D eigenvalue weighted by molar-refractivity contribution is 0.0684. The normalized spacial score (nSPS) is 10.6. The second-order valence-corrected chi connectivity index (χ2v) is 4.94. The standard InChI is InChI=1S/C15H23NO3/c1-3-4-5-6-7-8-9-16-11-13(12(2)17)10-14(16)15(18)19/h10-11H,3-9H2,1-2H3,(H,18,19). The van der Waals surface area contributed by atoms with E-state index in [1.807, 2.05) is 0 Å². The van der Waals surface area contributed by atoms with Gasteiger partial charge in [-0.25, -0.2) is 4.79 Å². The number of aromatic carboxylic acids is 1. The first-order valence-electron chi connectivity index (χ1n) is 7.00. The molecular formula is C15H23NO3. The van der Waals surface area contributed by atoms with Crippen molar-refractivity contribution in [2.75, 3.05) is 0 Å². The van der Waals surface area contributed by atoms with Crippen molar-refractivity contribution in [3.8, 4) is 0 Å². The van der Waals surface area contributed by atoms with E-state index in [0.29, 0.717) is 12.1 Å². The molecule has 0 aliphatic carbocycles. The fraction of sp³-hybridized carbons (Fsp3) is 0.600. The van der Waals surface area contributed by atoms with Crippen LogP contribution in [0.5, 0.6) is 0 Å². The zero-order valence-electron chi connectivity index (χ0n) is 11.8. The average molecular weight is 265 g/mol. The SMILES string of the molecule is CCCCCCCCn1cc(C(C)=O)cc1C(=O)O. The lowest BCUT2D eigenvalue weighted by Gasteiger charge is -2.05. The largest absolute Gasteiger partial charge is 0.477 e. The van der Waals surface area contributed by atoms with E-state index in [-0.39, 0.29) is 11.5 Å². The zero-order valence-corrected chi connectivity index (χ0v) is 11.8. The lowest BCUT2D eigenvalue weighted by Crippen LogP contribution is -2.07. The third-order valence-electron chi connectivity index (χ3n) is 3.27. The van der Waals surface area contributed by atoms with Crippen LogP contribution in [0.15, 0.2) is 12.3 Å². The molecule has 0 radical (unpaired) electrons. The highest BCUT2D eigenvalue weighted by atomic mass is 16.4. The summed E-state index contributed by atoms with van der Waals surface area (Å²) in [6, 6.07) is 1.46. The van der Waals surface area contributed by atoms with Gasteiger partial charge in [-0.3, -0.25) is 4.79 Å². The van der Waals surface area contributed by atoms with Crippen LogP contribution < -0.4 is 0 Å². The van der Waals surface area contributed by atoms with E-state index in [0.717, 1.165) is 12.8 Å². The molecule has 19 heavy (non-hydrogen) atoms. The van der Waals surface area contributed by atoms with E-state index in [2.05, 4.69) is 6.92 Å². The van der Waals surface area contributed by atoms with Crippen molar-refractivity contribution in [3.63, 3.8) is 0 Å². The van der Waals surface area contributed by atoms with Gasteiger partial charge in [0.05, 0.1) is 0 Å². The summed E-state index contributed by atoms with van der Waals surface area (Å²) in [5.74, 6) is -1.07. The van der Waals surface area contributed by atoms with Gasteiger partial charge in [-0.05, 0) is 19.4 Å². The van der Waals surface area contributed by atoms with Crippen molar-refractivity contribution < 1.29 is 14.7 Å². The van der Waals surface area contributed by atoms with Crippen molar-refractivity contribution in [3.05, 3.63) is 23.5 Å². The fourth-order valence-corrected chi connectivity index (χ4v) is 2.13. The Balaban J connectivity index is 2.52.